The monoisotopic (exact) mass is 209 g/mol. The van der Waals surface area contributed by atoms with E-state index in [0.29, 0.717) is 0 Å². The maximum atomic E-state index is 2.38. The van der Waals surface area contributed by atoms with Crippen molar-refractivity contribution in [1.29, 1.82) is 0 Å². The third-order valence-electron chi connectivity index (χ3n) is 1.35. The zero-order valence-corrected chi connectivity index (χ0v) is 10.7. The summed E-state index contributed by atoms with van der Waals surface area (Å²) in [7, 11) is 2.19. The summed E-state index contributed by atoms with van der Waals surface area (Å²) in [5, 5.41) is 0. The molecular weight excluding hydrogens is 186 g/mol. The molecule has 0 aromatic rings. The molecule has 3 heteroatoms. The van der Waals surface area contributed by atoms with Crippen LogP contribution >= 0.6 is 23.5 Å². The van der Waals surface area contributed by atoms with Crippen molar-refractivity contribution in [2.45, 2.75) is 13.8 Å². The van der Waals surface area contributed by atoms with Crippen molar-refractivity contribution >= 4 is 23.5 Å². The maximum Gasteiger partial charge on any atom is 0.00695 e. The van der Waals surface area contributed by atoms with E-state index in [-0.39, 0.29) is 0 Å². The molecule has 0 bridgehead atoms. The van der Waals surface area contributed by atoms with Crippen molar-refractivity contribution in [2.75, 3.05) is 44.2 Å². The molecule has 0 amide bonds. The molecule has 0 aliphatic carbocycles. The Balaban J connectivity index is 0. The van der Waals surface area contributed by atoms with E-state index >= 15 is 0 Å². The fourth-order valence-electron chi connectivity index (χ4n) is 0.606. The highest BCUT2D eigenvalue weighted by molar-refractivity contribution is 7.98. The number of hydrogen-bond donors (Lipinski definition) is 0. The van der Waals surface area contributed by atoms with Crippen LogP contribution in [0.3, 0.4) is 0 Å². The van der Waals surface area contributed by atoms with Crippen molar-refractivity contribution in [1.82, 2.24) is 4.90 Å². The van der Waals surface area contributed by atoms with Gasteiger partial charge in [0, 0.05) is 24.6 Å². The summed E-state index contributed by atoms with van der Waals surface area (Å²) in [6.07, 6.45) is 4.31. The van der Waals surface area contributed by atoms with Crippen LogP contribution in [0, 0.1) is 0 Å². The Bertz CT molecular complexity index is 61.5. The summed E-state index contributed by atoms with van der Waals surface area (Å²) in [5.74, 6) is 2.51. The van der Waals surface area contributed by atoms with Crippen molar-refractivity contribution in [3.63, 3.8) is 0 Å². The quantitative estimate of drug-likeness (QED) is 0.662. The molecule has 0 rings (SSSR count). The topological polar surface area (TPSA) is 3.24 Å². The zero-order chi connectivity index (χ0) is 9.82. The molecular formula is C9H23NS2. The average molecular weight is 209 g/mol. The maximum absolute atomic E-state index is 2.38. The Morgan fingerprint density at radius 1 is 0.917 bits per heavy atom. The van der Waals surface area contributed by atoms with Gasteiger partial charge in [-0.2, -0.15) is 23.5 Å². The predicted molar refractivity (Wildman–Crippen MR) is 65.6 cm³/mol. The van der Waals surface area contributed by atoms with Crippen molar-refractivity contribution in [2.24, 2.45) is 0 Å². The van der Waals surface area contributed by atoms with Gasteiger partial charge in [-0.05, 0) is 19.6 Å². The predicted octanol–water partition coefficient (Wildman–Crippen LogP) is 2.67. The van der Waals surface area contributed by atoms with Crippen LogP contribution in [0.1, 0.15) is 13.8 Å². The number of hydrogen-bond acceptors (Lipinski definition) is 3. The van der Waals surface area contributed by atoms with Crippen LogP contribution < -0.4 is 0 Å². The van der Waals surface area contributed by atoms with Crippen LogP contribution in [0.25, 0.3) is 0 Å². The van der Waals surface area contributed by atoms with Gasteiger partial charge in [0.1, 0.15) is 0 Å². The van der Waals surface area contributed by atoms with E-state index in [1.54, 1.807) is 0 Å². The first-order valence-electron chi connectivity index (χ1n) is 4.47. The van der Waals surface area contributed by atoms with E-state index in [4.69, 9.17) is 0 Å². The van der Waals surface area contributed by atoms with Gasteiger partial charge >= 0.3 is 0 Å². The highest BCUT2D eigenvalue weighted by atomic mass is 32.2. The second-order valence-corrected chi connectivity index (χ2v) is 4.26. The zero-order valence-electron chi connectivity index (χ0n) is 9.09. The van der Waals surface area contributed by atoms with Crippen molar-refractivity contribution < 1.29 is 0 Å². The Morgan fingerprint density at radius 2 is 1.25 bits per heavy atom. The summed E-state index contributed by atoms with van der Waals surface area (Å²) < 4.78 is 0. The third-order valence-corrected chi connectivity index (χ3v) is 2.54. The Labute approximate surface area is 86.7 Å². The first-order chi connectivity index (χ1) is 5.81. The SMILES string of the molecule is CC.CSCCN(C)CCSC. The van der Waals surface area contributed by atoms with Gasteiger partial charge < -0.3 is 4.90 Å². The van der Waals surface area contributed by atoms with Gasteiger partial charge in [-0.1, -0.05) is 13.8 Å². The van der Waals surface area contributed by atoms with Gasteiger partial charge in [0.15, 0.2) is 0 Å². The largest absolute Gasteiger partial charge is 0.305 e. The minimum absolute atomic E-state index is 1.22. The molecule has 12 heavy (non-hydrogen) atoms. The van der Waals surface area contributed by atoms with Gasteiger partial charge in [-0.15, -0.1) is 0 Å². The standard InChI is InChI=1S/C7H17NS2.C2H6/c1-8(4-6-9-2)5-7-10-3;1-2/h4-7H2,1-3H3;1-2H3. The van der Waals surface area contributed by atoms with Crippen LogP contribution in [0.2, 0.25) is 0 Å². The van der Waals surface area contributed by atoms with E-state index in [1.807, 2.05) is 37.4 Å². The lowest BCUT2D eigenvalue weighted by Gasteiger charge is -2.14. The van der Waals surface area contributed by atoms with Crippen molar-refractivity contribution in [3.8, 4) is 0 Å². The summed E-state index contributed by atoms with van der Waals surface area (Å²) in [6, 6.07) is 0. The van der Waals surface area contributed by atoms with Crippen molar-refractivity contribution in [3.05, 3.63) is 0 Å². The van der Waals surface area contributed by atoms with E-state index in [9.17, 15) is 0 Å². The molecule has 76 valence electrons. The molecule has 0 unspecified atom stereocenters. The molecule has 0 aromatic carbocycles. The molecule has 0 aliphatic rings. The van der Waals surface area contributed by atoms with Crippen LogP contribution in [-0.2, 0) is 0 Å². The van der Waals surface area contributed by atoms with Crippen LogP contribution in [-0.4, -0.2) is 49.1 Å². The van der Waals surface area contributed by atoms with Gasteiger partial charge in [0.2, 0.25) is 0 Å². The van der Waals surface area contributed by atoms with Crippen LogP contribution in [0.4, 0.5) is 0 Å². The first kappa shape index (κ1) is 15.1. The molecule has 0 N–H and O–H groups in total. The molecule has 0 saturated carbocycles. The van der Waals surface area contributed by atoms with Gasteiger partial charge in [-0.25, -0.2) is 0 Å². The normalized spacial score (nSPS) is 9.50. The molecule has 0 aliphatic heterocycles. The summed E-state index contributed by atoms with van der Waals surface area (Å²) in [6.45, 7) is 6.45. The lowest BCUT2D eigenvalue weighted by molar-refractivity contribution is 0.380. The van der Waals surface area contributed by atoms with Gasteiger partial charge in [0.05, 0.1) is 0 Å². The average Bonchev–Trinajstić information content (AvgIpc) is 2.14. The van der Waals surface area contributed by atoms with Crippen LogP contribution in [0.5, 0.6) is 0 Å². The van der Waals surface area contributed by atoms with Gasteiger partial charge in [-0.3, -0.25) is 0 Å². The molecule has 0 radical (unpaired) electrons. The van der Waals surface area contributed by atoms with E-state index in [2.05, 4.69) is 24.5 Å². The molecule has 0 saturated heterocycles. The first-order valence-corrected chi connectivity index (χ1v) is 7.26. The third kappa shape index (κ3) is 13.3. The second kappa shape index (κ2) is 14.2. The Hall–Kier alpha value is 0.660. The smallest absolute Gasteiger partial charge is 0.00695 e. The molecule has 0 fully saturated rings. The lowest BCUT2D eigenvalue weighted by atomic mass is 10.6. The molecule has 0 heterocycles. The Morgan fingerprint density at radius 3 is 1.50 bits per heavy atom. The molecule has 1 nitrogen and oxygen atoms in total. The molecule has 0 atom stereocenters. The fraction of sp³-hybridized carbons (Fsp3) is 1.00. The number of thioether (sulfide) groups is 2. The Kier molecular flexibility index (Phi) is 17.9. The molecule has 0 aromatic heterocycles. The summed E-state index contributed by atoms with van der Waals surface area (Å²) in [5.41, 5.74) is 0. The summed E-state index contributed by atoms with van der Waals surface area (Å²) in [4.78, 5) is 2.38. The van der Waals surface area contributed by atoms with Gasteiger partial charge in [0.25, 0.3) is 0 Å². The highest BCUT2D eigenvalue weighted by Gasteiger charge is 1.94. The highest BCUT2D eigenvalue weighted by Crippen LogP contribution is 1.96. The number of rotatable bonds is 6. The minimum Gasteiger partial charge on any atom is -0.305 e. The number of nitrogens with zero attached hydrogens (tertiary/aromatic N) is 1. The lowest BCUT2D eigenvalue weighted by Crippen LogP contribution is -2.23. The van der Waals surface area contributed by atoms with Crippen LogP contribution in [0.15, 0.2) is 0 Å². The molecule has 0 spiro atoms. The van der Waals surface area contributed by atoms with E-state index < -0.39 is 0 Å². The van der Waals surface area contributed by atoms with E-state index in [1.165, 1.54) is 24.6 Å². The second-order valence-electron chi connectivity index (χ2n) is 2.29. The minimum atomic E-state index is 1.22. The summed E-state index contributed by atoms with van der Waals surface area (Å²) >= 11 is 3.83. The van der Waals surface area contributed by atoms with E-state index in [0.717, 1.165) is 0 Å². The fourth-order valence-corrected chi connectivity index (χ4v) is 1.59.